The molecule has 126 valence electrons. The molecular weight excluding hydrogens is 327 g/mol. The Labute approximate surface area is 136 Å². The molecule has 0 aliphatic carbocycles. The summed E-state index contributed by atoms with van der Waals surface area (Å²) in [5.41, 5.74) is -1.69. The van der Waals surface area contributed by atoms with Gasteiger partial charge in [-0.1, -0.05) is 6.92 Å². The standard InChI is InChI=1S/C13H17FN4O4S/c1-4-5-15-13(23-3)8(2)16-12-10(17(19)20)6-9(14)7-11(12)18(21)22/h6-8,16H,4-5H2,1-3H3. The Balaban J connectivity index is 3.30. The number of nitrogens with zero attached hydrogens (tertiary/aromatic N) is 3. The van der Waals surface area contributed by atoms with Crippen LogP contribution in [0.1, 0.15) is 20.3 Å². The maximum Gasteiger partial charge on any atom is 0.302 e. The third-order valence-corrected chi connectivity index (χ3v) is 3.79. The van der Waals surface area contributed by atoms with Crippen LogP contribution >= 0.6 is 11.8 Å². The van der Waals surface area contributed by atoms with Gasteiger partial charge in [-0.15, -0.1) is 11.8 Å². The van der Waals surface area contributed by atoms with E-state index >= 15 is 0 Å². The highest BCUT2D eigenvalue weighted by Gasteiger charge is 2.29. The monoisotopic (exact) mass is 344 g/mol. The van der Waals surface area contributed by atoms with E-state index in [-0.39, 0.29) is 5.69 Å². The first-order valence-electron chi connectivity index (χ1n) is 6.79. The van der Waals surface area contributed by atoms with Gasteiger partial charge in [0.25, 0.3) is 0 Å². The molecule has 0 amide bonds. The van der Waals surface area contributed by atoms with Gasteiger partial charge in [-0.05, 0) is 19.6 Å². The van der Waals surface area contributed by atoms with E-state index in [1.165, 1.54) is 11.8 Å². The fraction of sp³-hybridized carbons (Fsp3) is 0.462. The van der Waals surface area contributed by atoms with Crippen LogP contribution in [0.3, 0.4) is 0 Å². The molecule has 1 aromatic rings. The summed E-state index contributed by atoms with van der Waals surface area (Å²) in [6, 6.07) is 0.827. The zero-order valence-electron chi connectivity index (χ0n) is 12.9. The van der Waals surface area contributed by atoms with Crippen molar-refractivity contribution < 1.29 is 14.2 Å². The highest BCUT2D eigenvalue weighted by Crippen LogP contribution is 2.36. The van der Waals surface area contributed by atoms with Gasteiger partial charge >= 0.3 is 11.4 Å². The van der Waals surface area contributed by atoms with Gasteiger partial charge in [-0.3, -0.25) is 25.2 Å². The van der Waals surface area contributed by atoms with Crippen molar-refractivity contribution in [2.45, 2.75) is 26.3 Å². The fourth-order valence-corrected chi connectivity index (χ4v) is 2.53. The van der Waals surface area contributed by atoms with Gasteiger partial charge in [0.2, 0.25) is 0 Å². The predicted molar refractivity (Wildman–Crippen MR) is 88.9 cm³/mol. The first-order valence-corrected chi connectivity index (χ1v) is 8.01. The first kappa shape index (κ1) is 18.8. The van der Waals surface area contributed by atoms with Crippen molar-refractivity contribution in [2.24, 2.45) is 4.99 Å². The van der Waals surface area contributed by atoms with Gasteiger partial charge in [0.05, 0.1) is 33.1 Å². The maximum absolute atomic E-state index is 13.4. The second kappa shape index (κ2) is 8.42. The Bertz CT molecular complexity index is 603. The van der Waals surface area contributed by atoms with E-state index in [4.69, 9.17) is 0 Å². The van der Waals surface area contributed by atoms with Gasteiger partial charge in [0.15, 0.2) is 5.69 Å². The van der Waals surface area contributed by atoms with Gasteiger partial charge in [0, 0.05) is 6.54 Å². The molecule has 0 aliphatic rings. The van der Waals surface area contributed by atoms with E-state index in [1.807, 2.05) is 6.92 Å². The largest absolute Gasteiger partial charge is 0.365 e. The summed E-state index contributed by atoms with van der Waals surface area (Å²) in [6.45, 7) is 4.22. The summed E-state index contributed by atoms with van der Waals surface area (Å²) < 4.78 is 13.4. The molecule has 1 unspecified atom stereocenters. The topological polar surface area (TPSA) is 111 Å². The van der Waals surface area contributed by atoms with Crippen LogP contribution in [0.5, 0.6) is 0 Å². The molecule has 8 nitrogen and oxygen atoms in total. The number of hydrogen-bond acceptors (Lipinski definition) is 7. The van der Waals surface area contributed by atoms with E-state index in [0.717, 1.165) is 6.42 Å². The summed E-state index contributed by atoms with van der Waals surface area (Å²) in [4.78, 5) is 24.8. The quantitative estimate of drug-likeness (QED) is 0.350. The molecule has 0 fully saturated rings. The highest BCUT2D eigenvalue weighted by atomic mass is 32.2. The lowest BCUT2D eigenvalue weighted by atomic mass is 10.2. The van der Waals surface area contributed by atoms with Crippen LogP contribution in [-0.4, -0.2) is 33.7 Å². The molecule has 0 radical (unpaired) electrons. The molecule has 1 aromatic carbocycles. The van der Waals surface area contributed by atoms with Crippen LogP contribution in [0.15, 0.2) is 17.1 Å². The SMILES string of the molecule is CCCN=C(SC)C(C)Nc1c([N+](=O)[O-])cc(F)cc1[N+](=O)[O-]. The van der Waals surface area contributed by atoms with Gasteiger partial charge in [-0.25, -0.2) is 4.39 Å². The minimum atomic E-state index is -1.04. The van der Waals surface area contributed by atoms with Crippen molar-refractivity contribution in [2.75, 3.05) is 18.1 Å². The Morgan fingerprint density at radius 2 is 1.87 bits per heavy atom. The van der Waals surface area contributed by atoms with Crippen molar-refractivity contribution in [3.8, 4) is 0 Å². The lowest BCUT2D eigenvalue weighted by molar-refractivity contribution is -0.392. The van der Waals surface area contributed by atoms with Gasteiger partial charge < -0.3 is 5.32 Å². The van der Waals surface area contributed by atoms with Crippen molar-refractivity contribution in [3.05, 3.63) is 38.2 Å². The third-order valence-electron chi connectivity index (χ3n) is 2.89. The molecule has 10 heteroatoms. The molecule has 0 heterocycles. The average Bonchev–Trinajstić information content (AvgIpc) is 2.48. The number of nitro benzene ring substituents is 2. The van der Waals surface area contributed by atoms with Crippen molar-refractivity contribution in [1.82, 2.24) is 0 Å². The molecule has 0 aliphatic heterocycles. The normalized spacial score (nSPS) is 12.8. The van der Waals surface area contributed by atoms with Crippen LogP contribution in [0.2, 0.25) is 0 Å². The van der Waals surface area contributed by atoms with E-state index in [1.54, 1.807) is 13.2 Å². The van der Waals surface area contributed by atoms with Crippen LogP contribution in [0.4, 0.5) is 21.5 Å². The predicted octanol–water partition coefficient (Wildman–Crippen LogP) is 3.61. The number of nitro groups is 2. The number of aliphatic imine (C=N–C) groups is 1. The van der Waals surface area contributed by atoms with Gasteiger partial charge in [-0.2, -0.15) is 0 Å². The van der Waals surface area contributed by atoms with Crippen LogP contribution in [0, 0.1) is 26.0 Å². The number of nitrogens with one attached hydrogen (secondary N) is 1. The van der Waals surface area contributed by atoms with Crippen LogP contribution < -0.4 is 5.32 Å². The molecule has 0 saturated carbocycles. The number of halogens is 1. The lowest BCUT2D eigenvalue weighted by Gasteiger charge is -2.16. The molecule has 0 saturated heterocycles. The van der Waals surface area contributed by atoms with Crippen LogP contribution in [-0.2, 0) is 0 Å². The maximum atomic E-state index is 13.4. The van der Waals surface area contributed by atoms with Crippen LogP contribution in [0.25, 0.3) is 0 Å². The number of thioether (sulfide) groups is 1. The van der Waals surface area contributed by atoms with E-state index in [2.05, 4.69) is 10.3 Å². The lowest BCUT2D eigenvalue weighted by Crippen LogP contribution is -2.25. The second-order valence-corrected chi connectivity index (χ2v) is 5.45. The number of benzene rings is 1. The Morgan fingerprint density at radius 1 is 1.35 bits per heavy atom. The summed E-state index contributed by atoms with van der Waals surface area (Å²) >= 11 is 1.34. The van der Waals surface area contributed by atoms with Crippen molar-refractivity contribution in [3.63, 3.8) is 0 Å². The number of hydrogen-bond donors (Lipinski definition) is 1. The van der Waals surface area contributed by atoms with Gasteiger partial charge in [0.1, 0.15) is 5.82 Å². The molecule has 1 atom stereocenters. The first-order chi connectivity index (χ1) is 10.8. The van der Waals surface area contributed by atoms with E-state index in [9.17, 15) is 24.6 Å². The Hall–Kier alpha value is -2.23. The number of rotatable bonds is 7. The molecular formula is C13H17FN4O4S. The summed E-state index contributed by atoms with van der Waals surface area (Å²) in [7, 11) is 0. The highest BCUT2D eigenvalue weighted by molar-refractivity contribution is 8.13. The van der Waals surface area contributed by atoms with E-state index in [0.29, 0.717) is 23.7 Å². The van der Waals surface area contributed by atoms with Crippen molar-refractivity contribution >= 4 is 33.9 Å². The molecule has 0 aromatic heterocycles. The second-order valence-electron chi connectivity index (χ2n) is 4.62. The molecule has 1 rings (SSSR count). The summed E-state index contributed by atoms with van der Waals surface area (Å²) in [6.07, 6.45) is 2.62. The molecule has 0 spiro atoms. The van der Waals surface area contributed by atoms with Crippen molar-refractivity contribution in [1.29, 1.82) is 0 Å². The zero-order chi connectivity index (χ0) is 17.6. The summed E-state index contributed by atoms with van der Waals surface area (Å²) in [5, 5.41) is 25.5. The molecule has 23 heavy (non-hydrogen) atoms. The molecule has 0 bridgehead atoms. The Morgan fingerprint density at radius 3 is 2.26 bits per heavy atom. The Kier molecular flexibility index (Phi) is 6.89. The molecule has 1 N–H and O–H groups in total. The van der Waals surface area contributed by atoms with E-state index < -0.39 is 33.1 Å². The smallest absolute Gasteiger partial charge is 0.302 e. The average molecular weight is 344 g/mol. The number of anilines is 1. The fourth-order valence-electron chi connectivity index (χ4n) is 1.89. The minimum Gasteiger partial charge on any atom is -0.365 e. The third kappa shape index (κ3) is 4.88. The zero-order valence-corrected chi connectivity index (χ0v) is 13.7. The summed E-state index contributed by atoms with van der Waals surface area (Å²) in [5.74, 6) is -1.04. The minimum absolute atomic E-state index is 0.327.